The van der Waals surface area contributed by atoms with Crippen molar-refractivity contribution in [2.45, 2.75) is 13.5 Å². The third-order valence-corrected chi connectivity index (χ3v) is 3.34. The van der Waals surface area contributed by atoms with Crippen molar-refractivity contribution in [2.75, 3.05) is 11.9 Å². The number of carbonyl (C=O) groups excluding carboxylic acids is 1. The van der Waals surface area contributed by atoms with E-state index in [1.165, 1.54) is 5.56 Å². The van der Waals surface area contributed by atoms with Crippen LogP contribution in [0.4, 0.5) is 10.5 Å². The van der Waals surface area contributed by atoms with Crippen molar-refractivity contribution in [3.05, 3.63) is 66.5 Å². The molecule has 4 nitrogen and oxygen atoms in total. The highest BCUT2D eigenvalue weighted by atomic mass is 16.2. The van der Waals surface area contributed by atoms with E-state index in [0.717, 1.165) is 11.4 Å². The van der Waals surface area contributed by atoms with E-state index in [0.29, 0.717) is 13.1 Å². The number of carbonyl (C=O) groups is 1. The summed E-state index contributed by atoms with van der Waals surface area (Å²) in [4.78, 5) is 14.1. The first-order valence-electron chi connectivity index (χ1n) is 6.94. The average molecular weight is 283 g/mol. The molecule has 0 bridgehead atoms. The minimum atomic E-state index is -0.125. The first-order chi connectivity index (χ1) is 10.1. The van der Waals surface area contributed by atoms with Crippen LogP contribution < -0.4 is 5.32 Å². The number of nitrogens with zero attached hydrogens (tertiary/aromatic N) is 2. The van der Waals surface area contributed by atoms with Gasteiger partial charge in [0.2, 0.25) is 0 Å². The molecule has 0 aliphatic heterocycles. The summed E-state index contributed by atoms with van der Waals surface area (Å²) in [5, 5.41) is 2.92. The summed E-state index contributed by atoms with van der Waals surface area (Å²) in [7, 11) is 1.97. The lowest BCUT2D eigenvalue weighted by Crippen LogP contribution is -2.35. The molecule has 110 valence electrons. The van der Waals surface area contributed by atoms with Gasteiger partial charge in [-0.05, 0) is 31.2 Å². The molecule has 2 amide bonds. The molecule has 0 atom stereocenters. The number of rotatable bonds is 5. The van der Waals surface area contributed by atoms with Gasteiger partial charge in [0.25, 0.3) is 0 Å². The van der Waals surface area contributed by atoms with E-state index < -0.39 is 0 Å². The van der Waals surface area contributed by atoms with Crippen LogP contribution in [0.25, 0.3) is 0 Å². The Labute approximate surface area is 125 Å². The number of amides is 2. The monoisotopic (exact) mass is 283 g/mol. The molecule has 0 spiro atoms. The SMILES string of the molecule is C=CCN(Cc1cccn1C)C(=O)Nc1ccc(C)cc1. The molecule has 2 rings (SSSR count). The maximum absolute atomic E-state index is 12.4. The molecule has 4 heteroatoms. The van der Waals surface area contributed by atoms with Crippen LogP contribution in [0.15, 0.2) is 55.3 Å². The number of anilines is 1. The van der Waals surface area contributed by atoms with Crippen LogP contribution in [0.1, 0.15) is 11.3 Å². The summed E-state index contributed by atoms with van der Waals surface area (Å²) in [6.07, 6.45) is 3.71. The summed E-state index contributed by atoms with van der Waals surface area (Å²) in [5.41, 5.74) is 3.04. The predicted molar refractivity (Wildman–Crippen MR) is 86.2 cm³/mol. The highest BCUT2D eigenvalue weighted by Gasteiger charge is 2.14. The Morgan fingerprint density at radius 3 is 2.62 bits per heavy atom. The molecule has 21 heavy (non-hydrogen) atoms. The van der Waals surface area contributed by atoms with Gasteiger partial charge in [-0.25, -0.2) is 4.79 Å². The van der Waals surface area contributed by atoms with E-state index in [1.54, 1.807) is 11.0 Å². The summed E-state index contributed by atoms with van der Waals surface area (Å²) in [6.45, 7) is 6.80. The Kier molecular flexibility index (Phi) is 4.82. The molecule has 1 aromatic heterocycles. The molecular formula is C17H21N3O. The van der Waals surface area contributed by atoms with Gasteiger partial charge in [-0.15, -0.1) is 6.58 Å². The van der Waals surface area contributed by atoms with E-state index in [-0.39, 0.29) is 6.03 Å². The van der Waals surface area contributed by atoms with Gasteiger partial charge in [0.05, 0.1) is 6.54 Å². The van der Waals surface area contributed by atoms with E-state index in [4.69, 9.17) is 0 Å². The maximum Gasteiger partial charge on any atom is 0.322 e. The molecule has 0 fully saturated rings. The van der Waals surface area contributed by atoms with Gasteiger partial charge in [0, 0.05) is 31.2 Å². The maximum atomic E-state index is 12.4. The Morgan fingerprint density at radius 2 is 2.05 bits per heavy atom. The topological polar surface area (TPSA) is 37.3 Å². The lowest BCUT2D eigenvalue weighted by atomic mass is 10.2. The van der Waals surface area contributed by atoms with Crippen molar-refractivity contribution in [3.63, 3.8) is 0 Å². The number of nitrogens with one attached hydrogen (secondary N) is 1. The van der Waals surface area contributed by atoms with Crippen molar-refractivity contribution in [2.24, 2.45) is 7.05 Å². The summed E-state index contributed by atoms with van der Waals surface area (Å²) in [5.74, 6) is 0. The number of aryl methyl sites for hydroxylation is 2. The van der Waals surface area contributed by atoms with Gasteiger partial charge in [-0.1, -0.05) is 23.8 Å². The number of aromatic nitrogens is 1. The number of benzene rings is 1. The minimum absolute atomic E-state index is 0.125. The zero-order chi connectivity index (χ0) is 15.2. The molecule has 0 unspecified atom stereocenters. The van der Waals surface area contributed by atoms with Crippen LogP contribution in [0.3, 0.4) is 0 Å². The standard InChI is InChI=1S/C17H21N3O/c1-4-11-20(13-16-6-5-12-19(16)3)17(21)18-15-9-7-14(2)8-10-15/h4-10,12H,1,11,13H2,2-3H3,(H,18,21). The van der Waals surface area contributed by atoms with Gasteiger partial charge < -0.3 is 14.8 Å². The normalized spacial score (nSPS) is 10.2. The average Bonchev–Trinajstić information content (AvgIpc) is 2.86. The lowest BCUT2D eigenvalue weighted by Gasteiger charge is -2.22. The third kappa shape index (κ3) is 3.99. The van der Waals surface area contributed by atoms with E-state index in [1.807, 2.05) is 61.1 Å². The zero-order valence-corrected chi connectivity index (χ0v) is 12.5. The highest BCUT2D eigenvalue weighted by molar-refractivity contribution is 5.89. The van der Waals surface area contributed by atoms with Gasteiger partial charge in [-0.3, -0.25) is 0 Å². The van der Waals surface area contributed by atoms with Crippen LogP contribution in [0.2, 0.25) is 0 Å². The fraction of sp³-hybridized carbons (Fsp3) is 0.235. The van der Waals surface area contributed by atoms with Crippen LogP contribution >= 0.6 is 0 Å². The molecule has 1 aromatic carbocycles. The Morgan fingerprint density at radius 1 is 1.33 bits per heavy atom. The number of hydrogen-bond donors (Lipinski definition) is 1. The molecule has 1 N–H and O–H groups in total. The van der Waals surface area contributed by atoms with Crippen molar-refractivity contribution in [1.82, 2.24) is 9.47 Å². The molecule has 1 heterocycles. The first-order valence-corrected chi connectivity index (χ1v) is 6.94. The summed E-state index contributed by atoms with van der Waals surface area (Å²) < 4.78 is 2.01. The highest BCUT2D eigenvalue weighted by Crippen LogP contribution is 2.11. The number of urea groups is 1. The second-order valence-electron chi connectivity index (χ2n) is 5.08. The van der Waals surface area contributed by atoms with Crippen molar-refractivity contribution < 1.29 is 4.79 Å². The van der Waals surface area contributed by atoms with Gasteiger partial charge in [0.15, 0.2) is 0 Å². The van der Waals surface area contributed by atoms with Crippen LogP contribution in [-0.4, -0.2) is 22.0 Å². The Hall–Kier alpha value is -2.49. The molecule has 0 saturated carbocycles. The van der Waals surface area contributed by atoms with E-state index >= 15 is 0 Å². The fourth-order valence-electron chi connectivity index (χ4n) is 2.07. The largest absolute Gasteiger partial charge is 0.353 e. The third-order valence-electron chi connectivity index (χ3n) is 3.34. The van der Waals surface area contributed by atoms with Gasteiger partial charge >= 0.3 is 6.03 Å². The molecule has 0 saturated heterocycles. The van der Waals surface area contributed by atoms with Crippen molar-refractivity contribution in [3.8, 4) is 0 Å². The Bertz CT molecular complexity index is 613. The minimum Gasteiger partial charge on any atom is -0.353 e. The number of hydrogen-bond acceptors (Lipinski definition) is 1. The molecule has 0 aliphatic rings. The smallest absolute Gasteiger partial charge is 0.322 e. The quantitative estimate of drug-likeness (QED) is 0.837. The second-order valence-corrected chi connectivity index (χ2v) is 5.08. The van der Waals surface area contributed by atoms with E-state index in [2.05, 4.69) is 11.9 Å². The molecule has 2 aromatic rings. The van der Waals surface area contributed by atoms with Crippen LogP contribution in [0, 0.1) is 6.92 Å². The Balaban J connectivity index is 2.06. The summed E-state index contributed by atoms with van der Waals surface area (Å²) >= 11 is 0. The van der Waals surface area contributed by atoms with Gasteiger partial charge in [-0.2, -0.15) is 0 Å². The fourth-order valence-corrected chi connectivity index (χ4v) is 2.07. The van der Waals surface area contributed by atoms with E-state index in [9.17, 15) is 4.79 Å². The van der Waals surface area contributed by atoms with Crippen LogP contribution in [0.5, 0.6) is 0 Å². The molecular weight excluding hydrogens is 262 g/mol. The lowest BCUT2D eigenvalue weighted by molar-refractivity contribution is 0.214. The predicted octanol–water partition coefficient (Wildman–Crippen LogP) is 3.55. The first kappa shape index (κ1) is 14.9. The zero-order valence-electron chi connectivity index (χ0n) is 12.5. The van der Waals surface area contributed by atoms with Crippen molar-refractivity contribution >= 4 is 11.7 Å². The van der Waals surface area contributed by atoms with Crippen molar-refractivity contribution in [1.29, 1.82) is 0 Å². The van der Waals surface area contributed by atoms with Crippen LogP contribution in [-0.2, 0) is 13.6 Å². The second kappa shape index (κ2) is 6.79. The molecule has 0 aliphatic carbocycles. The molecule has 0 radical (unpaired) electrons. The van der Waals surface area contributed by atoms with Gasteiger partial charge in [0.1, 0.15) is 0 Å². The summed E-state index contributed by atoms with van der Waals surface area (Å²) in [6, 6.07) is 11.6.